The molecular weight excluding hydrogens is 565 g/mol. The molecule has 0 spiro atoms. The predicted molar refractivity (Wildman–Crippen MR) is 139 cm³/mol. The van der Waals surface area contributed by atoms with Crippen LogP contribution in [0.4, 0.5) is 18.9 Å². The first kappa shape index (κ1) is 27.2. The second-order valence-corrected chi connectivity index (χ2v) is 12.1. The number of carbonyl (C=O) groups is 1. The molecule has 1 amide bonds. The Balaban J connectivity index is 1.26. The van der Waals surface area contributed by atoms with Crippen molar-refractivity contribution >= 4 is 27.3 Å². The molecule has 0 unspecified atom stereocenters. The van der Waals surface area contributed by atoms with Crippen molar-refractivity contribution in [2.24, 2.45) is 5.92 Å². The molecule has 2 aliphatic heterocycles. The smallest absolute Gasteiger partial charge is 0.314 e. The van der Waals surface area contributed by atoms with Gasteiger partial charge in [0.05, 0.1) is 42.3 Å². The number of carbonyl (C=O) groups excluding carboxylic acids is 1. The Labute approximate surface area is 232 Å². The molecule has 0 saturated carbocycles. The van der Waals surface area contributed by atoms with Gasteiger partial charge in [0.15, 0.2) is 0 Å². The Kier molecular flexibility index (Phi) is 7.15. The number of hydrogen-bond acceptors (Lipinski definition) is 8. The molecule has 0 N–H and O–H groups in total. The number of likely N-dealkylation sites (tertiary alicyclic amines) is 1. The number of imidazole rings is 1. The van der Waals surface area contributed by atoms with Crippen molar-refractivity contribution in [3.63, 3.8) is 0 Å². The summed E-state index contributed by atoms with van der Waals surface area (Å²) in [4.78, 5) is 18.8. The molecule has 0 aliphatic carbocycles. The molecule has 5 heterocycles. The van der Waals surface area contributed by atoms with Crippen molar-refractivity contribution in [1.82, 2.24) is 24.5 Å². The molecule has 0 atom stereocenters. The normalized spacial score (nSPS) is 16.8. The van der Waals surface area contributed by atoms with Crippen LogP contribution in [0.15, 0.2) is 53.2 Å². The predicted octanol–water partition coefficient (Wildman–Crippen LogP) is 3.43. The van der Waals surface area contributed by atoms with Gasteiger partial charge in [0.1, 0.15) is 11.5 Å². The van der Waals surface area contributed by atoms with Crippen LogP contribution in [0.5, 0.6) is 0 Å². The highest BCUT2D eigenvalue weighted by Crippen LogP contribution is 2.30. The summed E-state index contributed by atoms with van der Waals surface area (Å²) >= 11 is 0. The van der Waals surface area contributed by atoms with E-state index in [4.69, 9.17) is 9.15 Å². The molecule has 0 bridgehead atoms. The van der Waals surface area contributed by atoms with E-state index in [2.05, 4.69) is 15.2 Å². The topological polar surface area (TPSA) is 123 Å². The number of rotatable bonds is 8. The number of halogens is 3. The Bertz CT molecular complexity index is 1680. The Hall–Kier alpha value is -3.98. The number of aromatic nitrogens is 4. The van der Waals surface area contributed by atoms with Crippen molar-refractivity contribution < 1.29 is 35.5 Å². The van der Waals surface area contributed by atoms with Gasteiger partial charge in [-0.3, -0.25) is 9.10 Å². The zero-order valence-corrected chi connectivity index (χ0v) is 22.4. The number of ether oxygens (including phenoxy) is 1. The van der Waals surface area contributed by atoms with E-state index in [1.54, 1.807) is 33.8 Å². The number of fused-ring (bicyclic) bond motifs is 1. The Morgan fingerprint density at radius 2 is 1.90 bits per heavy atom. The van der Waals surface area contributed by atoms with Crippen LogP contribution < -0.4 is 4.31 Å². The highest BCUT2D eigenvalue weighted by molar-refractivity contribution is 7.93. The lowest BCUT2D eigenvalue weighted by Gasteiger charge is -2.37. The maximum Gasteiger partial charge on any atom is 0.314 e. The van der Waals surface area contributed by atoms with Crippen LogP contribution in [0.3, 0.4) is 0 Å². The highest BCUT2D eigenvalue weighted by atomic mass is 32.2. The van der Waals surface area contributed by atoms with E-state index in [9.17, 15) is 26.4 Å². The number of hydrogen-bond donors (Lipinski definition) is 0. The third-order valence-corrected chi connectivity index (χ3v) is 9.52. The van der Waals surface area contributed by atoms with Crippen LogP contribution in [0.25, 0.3) is 17.1 Å². The number of amides is 1. The summed E-state index contributed by atoms with van der Waals surface area (Å²) in [6, 6.07) is 8.45. The van der Waals surface area contributed by atoms with Crippen molar-refractivity contribution in [3.05, 3.63) is 66.2 Å². The monoisotopic (exact) mass is 590 g/mol. The molecule has 1 aromatic carbocycles. The summed E-state index contributed by atoms with van der Waals surface area (Å²) in [5.41, 5.74) is 1.26. The van der Waals surface area contributed by atoms with Crippen LogP contribution in [0.1, 0.15) is 30.9 Å². The van der Waals surface area contributed by atoms with Crippen molar-refractivity contribution in [3.8, 4) is 11.5 Å². The number of sulfonamides is 1. The molecule has 11 nitrogen and oxygen atoms in total. The fourth-order valence-corrected chi connectivity index (χ4v) is 6.87. The van der Waals surface area contributed by atoms with Gasteiger partial charge in [0.2, 0.25) is 21.8 Å². The number of piperidine rings is 1. The SMILES string of the molecule is O=C(C1COC1)N1CCC(S(=O)(=O)N(Cc2cn3ccc(-c4nnc(C(F)F)o4)cc3n2)c2cccc(F)c2)CC1. The van der Waals surface area contributed by atoms with Crippen LogP contribution in [0, 0.1) is 11.7 Å². The molecule has 4 aromatic rings. The first-order valence-corrected chi connectivity index (χ1v) is 14.4. The highest BCUT2D eigenvalue weighted by Gasteiger charge is 2.39. The van der Waals surface area contributed by atoms with E-state index in [-0.39, 0.29) is 42.8 Å². The quantitative estimate of drug-likeness (QED) is 0.306. The average Bonchev–Trinajstić information content (AvgIpc) is 3.58. The molecule has 2 aliphatic rings. The van der Waals surface area contributed by atoms with Gasteiger partial charge >= 0.3 is 6.43 Å². The first-order valence-electron chi connectivity index (χ1n) is 12.9. The second-order valence-electron chi connectivity index (χ2n) is 9.95. The first-order chi connectivity index (χ1) is 19.7. The second kappa shape index (κ2) is 10.8. The summed E-state index contributed by atoms with van der Waals surface area (Å²) in [5, 5.41) is 6.20. The molecule has 15 heteroatoms. The number of anilines is 1. The van der Waals surface area contributed by atoms with Crippen LogP contribution in [-0.2, 0) is 26.1 Å². The third kappa shape index (κ3) is 5.38. The minimum atomic E-state index is -4.00. The van der Waals surface area contributed by atoms with Gasteiger partial charge in [-0.05, 0) is 43.2 Å². The maximum atomic E-state index is 14.2. The van der Waals surface area contributed by atoms with Gasteiger partial charge in [-0.15, -0.1) is 10.2 Å². The van der Waals surface area contributed by atoms with Crippen LogP contribution >= 0.6 is 0 Å². The van der Waals surface area contributed by atoms with Crippen molar-refractivity contribution in [1.29, 1.82) is 0 Å². The van der Waals surface area contributed by atoms with E-state index in [1.807, 2.05) is 0 Å². The van der Waals surface area contributed by atoms with E-state index in [1.165, 1.54) is 18.2 Å². The summed E-state index contributed by atoms with van der Waals surface area (Å²) in [6.45, 7) is 1.19. The Morgan fingerprint density at radius 1 is 1.12 bits per heavy atom. The number of benzene rings is 1. The zero-order chi connectivity index (χ0) is 28.7. The van der Waals surface area contributed by atoms with Crippen LogP contribution in [-0.4, -0.2) is 70.4 Å². The summed E-state index contributed by atoms with van der Waals surface area (Å²) in [5.74, 6) is -1.69. The minimum Gasteiger partial charge on any atom is -0.415 e. The molecule has 2 fully saturated rings. The third-order valence-electron chi connectivity index (χ3n) is 7.26. The molecular formula is C26H25F3N6O5S. The van der Waals surface area contributed by atoms with Crippen molar-refractivity contribution in [2.75, 3.05) is 30.6 Å². The zero-order valence-electron chi connectivity index (χ0n) is 21.6. The fourth-order valence-electron chi connectivity index (χ4n) is 4.98. The average molecular weight is 591 g/mol. The standard InChI is InChI=1S/C26H25F3N6O5S/c27-18-2-1-3-20(11-18)35(41(37,38)21-5-8-33(9-6-21)26(36)17-14-39-15-17)13-19-12-34-7-4-16(10-22(34)30-19)24-31-32-25(40-24)23(28)29/h1-4,7,10-12,17,21,23H,5-6,8-9,13-15H2. The number of nitrogens with zero attached hydrogens (tertiary/aromatic N) is 6. The van der Waals surface area contributed by atoms with Crippen molar-refractivity contribution in [2.45, 2.75) is 31.1 Å². The molecule has 6 rings (SSSR count). The van der Waals surface area contributed by atoms with Gasteiger partial charge in [0, 0.05) is 31.0 Å². The maximum absolute atomic E-state index is 14.2. The van der Waals surface area contributed by atoms with E-state index in [0.29, 0.717) is 43.2 Å². The lowest BCUT2D eigenvalue weighted by molar-refractivity contribution is -0.150. The summed E-state index contributed by atoms with van der Waals surface area (Å²) < 4.78 is 80.7. The summed E-state index contributed by atoms with van der Waals surface area (Å²) in [7, 11) is -4.00. The molecule has 2 saturated heterocycles. The van der Waals surface area contributed by atoms with E-state index < -0.39 is 33.4 Å². The van der Waals surface area contributed by atoms with Gasteiger partial charge in [0.25, 0.3) is 5.89 Å². The van der Waals surface area contributed by atoms with Gasteiger partial charge in [-0.2, -0.15) is 8.78 Å². The largest absolute Gasteiger partial charge is 0.415 e. The Morgan fingerprint density at radius 3 is 2.56 bits per heavy atom. The number of pyridine rings is 1. The summed E-state index contributed by atoms with van der Waals surface area (Å²) in [6.07, 6.45) is 0.814. The van der Waals surface area contributed by atoms with Gasteiger partial charge in [-0.1, -0.05) is 6.07 Å². The number of alkyl halides is 2. The fraction of sp³-hybridized carbons (Fsp3) is 0.385. The van der Waals surface area contributed by atoms with Crippen LogP contribution in [0.2, 0.25) is 0 Å². The molecule has 0 radical (unpaired) electrons. The van der Waals surface area contributed by atoms with Gasteiger partial charge in [-0.25, -0.2) is 17.8 Å². The van der Waals surface area contributed by atoms with E-state index >= 15 is 0 Å². The lowest BCUT2D eigenvalue weighted by Crippen LogP contribution is -2.51. The minimum absolute atomic E-state index is 0.0240. The lowest BCUT2D eigenvalue weighted by atomic mass is 10.0. The molecule has 41 heavy (non-hydrogen) atoms. The van der Waals surface area contributed by atoms with Gasteiger partial charge < -0.3 is 18.5 Å². The molecule has 216 valence electrons. The van der Waals surface area contributed by atoms with E-state index in [0.717, 1.165) is 10.4 Å². The molecule has 3 aromatic heterocycles.